The zero-order chi connectivity index (χ0) is 12.4. The van der Waals surface area contributed by atoms with Crippen LogP contribution in [0.25, 0.3) is 10.1 Å². The van der Waals surface area contributed by atoms with Crippen LogP contribution in [-0.4, -0.2) is 34.9 Å². The van der Waals surface area contributed by atoms with Gasteiger partial charge in [-0.05, 0) is 49.6 Å². The Balaban J connectivity index is 1.69. The second kappa shape index (κ2) is 5.24. The summed E-state index contributed by atoms with van der Waals surface area (Å²) in [6.07, 6.45) is 2.64. The average Bonchev–Trinajstić information content (AvgIpc) is 3.02. The fraction of sp³-hybridized carbons (Fsp3) is 0.500. The first-order chi connectivity index (χ1) is 8.88. The molecule has 0 amide bonds. The maximum atomic E-state index is 4.52. The number of likely N-dealkylation sites (N-methyl/N-ethyl adjacent to an activating group) is 1. The first-order valence-corrected chi connectivity index (χ1v) is 7.48. The molecule has 0 aliphatic carbocycles. The lowest BCUT2D eigenvalue weighted by atomic mass is 10.2. The van der Waals surface area contributed by atoms with Gasteiger partial charge in [0, 0.05) is 18.0 Å². The van der Waals surface area contributed by atoms with E-state index in [0.29, 0.717) is 6.04 Å². The Morgan fingerprint density at radius 3 is 3.22 bits per heavy atom. The summed E-state index contributed by atoms with van der Waals surface area (Å²) in [5, 5.41) is 4.78. The molecule has 0 radical (unpaired) electrons. The van der Waals surface area contributed by atoms with E-state index in [9.17, 15) is 0 Å². The maximum absolute atomic E-state index is 4.52. The van der Waals surface area contributed by atoms with E-state index in [0.717, 1.165) is 18.9 Å². The Labute approximate surface area is 112 Å². The van der Waals surface area contributed by atoms with E-state index in [-0.39, 0.29) is 0 Å². The van der Waals surface area contributed by atoms with Gasteiger partial charge in [0.15, 0.2) is 0 Å². The van der Waals surface area contributed by atoms with Gasteiger partial charge < -0.3 is 5.32 Å². The number of anilines is 1. The third-order valence-electron chi connectivity index (χ3n) is 3.79. The predicted molar refractivity (Wildman–Crippen MR) is 78.4 cm³/mol. The van der Waals surface area contributed by atoms with Gasteiger partial charge >= 0.3 is 0 Å². The quantitative estimate of drug-likeness (QED) is 0.916. The first-order valence-electron chi connectivity index (χ1n) is 6.71. The van der Waals surface area contributed by atoms with Crippen LogP contribution in [0.15, 0.2) is 24.3 Å². The van der Waals surface area contributed by atoms with Crippen LogP contribution in [-0.2, 0) is 0 Å². The van der Waals surface area contributed by atoms with Crippen molar-refractivity contribution in [3.8, 4) is 0 Å². The van der Waals surface area contributed by atoms with Gasteiger partial charge in [-0.1, -0.05) is 19.1 Å². The molecule has 3 nitrogen and oxygen atoms in total. The van der Waals surface area contributed by atoms with Gasteiger partial charge in [0.25, 0.3) is 0 Å². The van der Waals surface area contributed by atoms with E-state index in [1.165, 1.54) is 29.5 Å². The Hall–Kier alpha value is -1.13. The topological polar surface area (TPSA) is 28.2 Å². The number of aromatic nitrogens is 1. The number of hydrogen-bond donors (Lipinski definition) is 1. The molecule has 0 bridgehead atoms. The average molecular weight is 261 g/mol. The Kier molecular flexibility index (Phi) is 3.48. The van der Waals surface area contributed by atoms with Crippen molar-refractivity contribution in [3.63, 3.8) is 0 Å². The highest BCUT2D eigenvalue weighted by atomic mass is 32.1. The minimum Gasteiger partial charge on any atom is -0.367 e. The molecule has 1 saturated heterocycles. The van der Waals surface area contributed by atoms with Crippen LogP contribution in [0.2, 0.25) is 0 Å². The molecule has 1 atom stereocenters. The van der Waals surface area contributed by atoms with Crippen molar-refractivity contribution in [3.05, 3.63) is 24.3 Å². The van der Waals surface area contributed by atoms with E-state index in [1.54, 1.807) is 11.5 Å². The Morgan fingerprint density at radius 1 is 1.44 bits per heavy atom. The lowest BCUT2D eigenvalue weighted by Gasteiger charge is -2.22. The smallest absolute Gasteiger partial charge is 0.147 e. The molecule has 0 saturated carbocycles. The first kappa shape index (κ1) is 11.9. The summed E-state index contributed by atoms with van der Waals surface area (Å²) < 4.78 is 5.78. The van der Waals surface area contributed by atoms with Crippen LogP contribution >= 0.6 is 11.5 Å². The van der Waals surface area contributed by atoms with Crippen molar-refractivity contribution in [2.45, 2.75) is 25.8 Å². The van der Waals surface area contributed by atoms with Gasteiger partial charge in [-0.15, -0.1) is 0 Å². The fourth-order valence-electron chi connectivity index (χ4n) is 2.77. The van der Waals surface area contributed by atoms with Crippen molar-refractivity contribution >= 4 is 27.4 Å². The summed E-state index contributed by atoms with van der Waals surface area (Å²) in [6.45, 7) is 5.67. The molecule has 18 heavy (non-hydrogen) atoms. The molecule has 96 valence electrons. The Bertz CT molecular complexity index is 522. The van der Waals surface area contributed by atoms with E-state index in [1.807, 2.05) is 0 Å². The molecule has 1 N–H and O–H groups in total. The number of benzene rings is 1. The highest BCUT2D eigenvalue weighted by Gasteiger charge is 2.22. The zero-order valence-electron chi connectivity index (χ0n) is 10.7. The second-order valence-corrected chi connectivity index (χ2v) is 5.64. The number of nitrogens with one attached hydrogen (secondary N) is 1. The largest absolute Gasteiger partial charge is 0.367 e. The van der Waals surface area contributed by atoms with Crippen molar-refractivity contribution in [2.75, 3.05) is 25.0 Å². The summed E-state index contributed by atoms with van der Waals surface area (Å²) in [7, 11) is 0. The normalized spacial score (nSPS) is 20.6. The van der Waals surface area contributed by atoms with Crippen LogP contribution in [0.5, 0.6) is 0 Å². The monoisotopic (exact) mass is 261 g/mol. The molecular formula is C14H19N3S. The van der Waals surface area contributed by atoms with Crippen molar-refractivity contribution in [1.29, 1.82) is 0 Å². The summed E-state index contributed by atoms with van der Waals surface area (Å²) in [4.78, 5) is 2.56. The molecule has 1 aromatic carbocycles. The van der Waals surface area contributed by atoms with Gasteiger partial charge in [-0.3, -0.25) is 4.90 Å². The fourth-order valence-corrected chi connectivity index (χ4v) is 3.53. The predicted octanol–water partition coefficient (Wildman–Crippen LogP) is 3.19. The molecule has 2 heterocycles. The number of hydrogen-bond acceptors (Lipinski definition) is 4. The van der Waals surface area contributed by atoms with E-state index in [4.69, 9.17) is 0 Å². The lowest BCUT2D eigenvalue weighted by Crippen LogP contribution is -2.34. The number of rotatable bonds is 4. The highest BCUT2D eigenvalue weighted by molar-refractivity contribution is 7.13. The molecule has 2 aromatic rings. The van der Waals surface area contributed by atoms with Crippen LogP contribution in [0.1, 0.15) is 19.8 Å². The highest BCUT2D eigenvalue weighted by Crippen LogP contribution is 2.26. The molecular weight excluding hydrogens is 242 g/mol. The molecule has 3 rings (SSSR count). The molecule has 1 aliphatic heterocycles. The maximum Gasteiger partial charge on any atom is 0.147 e. The minimum atomic E-state index is 0.676. The number of nitrogens with zero attached hydrogens (tertiary/aromatic N) is 2. The van der Waals surface area contributed by atoms with Gasteiger partial charge in [0.2, 0.25) is 0 Å². The van der Waals surface area contributed by atoms with Crippen LogP contribution < -0.4 is 5.32 Å². The molecule has 1 aromatic heterocycles. The Morgan fingerprint density at radius 2 is 2.33 bits per heavy atom. The van der Waals surface area contributed by atoms with Crippen LogP contribution in [0, 0.1) is 0 Å². The van der Waals surface area contributed by atoms with Crippen molar-refractivity contribution < 1.29 is 0 Å². The van der Waals surface area contributed by atoms with Gasteiger partial charge in [0.1, 0.15) is 5.82 Å². The molecule has 1 aliphatic rings. The van der Waals surface area contributed by atoms with Gasteiger partial charge in [-0.25, -0.2) is 0 Å². The van der Waals surface area contributed by atoms with E-state index >= 15 is 0 Å². The molecule has 4 heteroatoms. The number of fused-ring (bicyclic) bond motifs is 1. The third-order valence-corrected chi connectivity index (χ3v) is 4.61. The summed E-state index contributed by atoms with van der Waals surface area (Å²) >= 11 is 1.58. The van der Waals surface area contributed by atoms with Gasteiger partial charge in [0.05, 0.1) is 4.70 Å². The van der Waals surface area contributed by atoms with Crippen LogP contribution in [0.3, 0.4) is 0 Å². The minimum absolute atomic E-state index is 0.676. The summed E-state index contributed by atoms with van der Waals surface area (Å²) in [5.41, 5.74) is 0. The van der Waals surface area contributed by atoms with E-state index in [2.05, 4.69) is 45.8 Å². The summed E-state index contributed by atoms with van der Waals surface area (Å²) in [5.74, 6) is 1.05. The SMILES string of the molecule is CCN1CCCC1CNc1nsc2ccccc12. The molecule has 0 spiro atoms. The second-order valence-electron chi connectivity index (χ2n) is 4.83. The molecule has 1 unspecified atom stereocenters. The van der Waals surface area contributed by atoms with Crippen molar-refractivity contribution in [2.24, 2.45) is 0 Å². The van der Waals surface area contributed by atoms with Gasteiger partial charge in [-0.2, -0.15) is 4.37 Å². The standard InChI is InChI=1S/C14H19N3S/c1-2-17-9-5-6-11(17)10-15-14-12-7-3-4-8-13(12)18-16-14/h3-4,7-8,11H,2,5-6,9-10H2,1H3,(H,15,16). The zero-order valence-corrected chi connectivity index (χ0v) is 11.5. The van der Waals surface area contributed by atoms with Crippen molar-refractivity contribution in [1.82, 2.24) is 9.27 Å². The third kappa shape index (κ3) is 2.22. The lowest BCUT2D eigenvalue weighted by molar-refractivity contribution is 0.277. The van der Waals surface area contributed by atoms with Crippen LogP contribution in [0.4, 0.5) is 5.82 Å². The number of likely N-dealkylation sites (tertiary alicyclic amines) is 1. The summed E-state index contributed by atoms with van der Waals surface area (Å²) in [6, 6.07) is 9.10. The molecule has 1 fully saturated rings. The van der Waals surface area contributed by atoms with E-state index < -0.39 is 0 Å².